The van der Waals surface area contributed by atoms with Gasteiger partial charge < -0.3 is 14.5 Å². The van der Waals surface area contributed by atoms with Gasteiger partial charge in [-0.15, -0.1) is 0 Å². The molecule has 1 aliphatic rings. The van der Waals surface area contributed by atoms with Crippen molar-refractivity contribution >= 4 is 5.65 Å². The van der Waals surface area contributed by atoms with Crippen LogP contribution in [0.3, 0.4) is 0 Å². The van der Waals surface area contributed by atoms with Crippen LogP contribution in [0.2, 0.25) is 0 Å². The Morgan fingerprint density at radius 1 is 1.50 bits per heavy atom. The summed E-state index contributed by atoms with van der Waals surface area (Å²) < 4.78 is 7.45. The van der Waals surface area contributed by atoms with Crippen LogP contribution < -0.4 is 5.32 Å². The first-order valence-electron chi connectivity index (χ1n) is 5.65. The largest absolute Gasteiger partial charge is 0.380 e. The second-order valence-electron chi connectivity index (χ2n) is 4.11. The zero-order valence-electron chi connectivity index (χ0n) is 9.10. The predicted molar refractivity (Wildman–Crippen MR) is 61.3 cm³/mol. The number of fused-ring (bicyclic) bond motifs is 1. The van der Waals surface area contributed by atoms with E-state index in [0.717, 1.165) is 31.8 Å². The van der Waals surface area contributed by atoms with Crippen LogP contribution in [0.15, 0.2) is 30.6 Å². The normalized spacial score (nSPS) is 20.6. The van der Waals surface area contributed by atoms with Gasteiger partial charge >= 0.3 is 0 Å². The third kappa shape index (κ3) is 1.81. The van der Waals surface area contributed by atoms with Gasteiger partial charge in [0.05, 0.1) is 6.61 Å². The van der Waals surface area contributed by atoms with E-state index >= 15 is 0 Å². The topological polar surface area (TPSA) is 38.6 Å². The summed E-state index contributed by atoms with van der Waals surface area (Å²) in [6.45, 7) is 2.58. The van der Waals surface area contributed by atoms with Crippen LogP contribution in [0.4, 0.5) is 0 Å². The first-order chi connectivity index (χ1) is 7.93. The van der Waals surface area contributed by atoms with E-state index in [1.54, 1.807) is 0 Å². The Bertz CT molecular complexity index is 474. The lowest BCUT2D eigenvalue weighted by atomic mass is 10.2. The van der Waals surface area contributed by atoms with Crippen molar-refractivity contribution in [1.29, 1.82) is 0 Å². The molecule has 3 heterocycles. The second-order valence-corrected chi connectivity index (χ2v) is 4.11. The number of ether oxygens (including phenoxy) is 1. The molecule has 0 aromatic carbocycles. The van der Waals surface area contributed by atoms with Gasteiger partial charge in [0.25, 0.3) is 0 Å². The minimum atomic E-state index is 0.499. The van der Waals surface area contributed by atoms with E-state index in [9.17, 15) is 0 Å². The quantitative estimate of drug-likeness (QED) is 0.840. The molecular formula is C12H15N3O. The fourth-order valence-corrected chi connectivity index (χ4v) is 2.10. The standard InChI is InChI=1S/C12H15N3O/c1-2-11(8-14-10-4-7-16-9-10)15-6-5-13-12(15)3-1/h1-3,5-6,10,14H,4,7-9H2. The number of pyridine rings is 1. The van der Waals surface area contributed by atoms with Gasteiger partial charge in [-0.2, -0.15) is 0 Å². The van der Waals surface area contributed by atoms with Gasteiger partial charge in [0, 0.05) is 37.3 Å². The van der Waals surface area contributed by atoms with Gasteiger partial charge in [0.15, 0.2) is 0 Å². The molecule has 4 nitrogen and oxygen atoms in total. The fourth-order valence-electron chi connectivity index (χ4n) is 2.10. The minimum Gasteiger partial charge on any atom is -0.380 e. The van der Waals surface area contributed by atoms with Crippen LogP contribution in [-0.4, -0.2) is 28.6 Å². The Morgan fingerprint density at radius 2 is 2.50 bits per heavy atom. The van der Waals surface area contributed by atoms with Crippen LogP contribution in [0, 0.1) is 0 Å². The highest BCUT2D eigenvalue weighted by molar-refractivity contribution is 5.39. The molecule has 84 valence electrons. The van der Waals surface area contributed by atoms with Crippen molar-refractivity contribution in [2.45, 2.75) is 19.0 Å². The SMILES string of the molecule is c1cc(CNC2CCOC2)n2ccnc2c1. The van der Waals surface area contributed by atoms with Gasteiger partial charge in [0.2, 0.25) is 0 Å². The average Bonchev–Trinajstić information content (AvgIpc) is 2.97. The number of hydrogen-bond donors (Lipinski definition) is 1. The average molecular weight is 217 g/mol. The third-order valence-corrected chi connectivity index (χ3v) is 3.01. The molecule has 2 aromatic heterocycles. The van der Waals surface area contributed by atoms with Crippen molar-refractivity contribution in [3.05, 3.63) is 36.3 Å². The zero-order chi connectivity index (χ0) is 10.8. The maximum Gasteiger partial charge on any atom is 0.136 e. The van der Waals surface area contributed by atoms with Crippen molar-refractivity contribution in [2.75, 3.05) is 13.2 Å². The molecule has 2 aromatic rings. The summed E-state index contributed by atoms with van der Waals surface area (Å²) in [6, 6.07) is 6.68. The molecule has 1 fully saturated rings. The summed E-state index contributed by atoms with van der Waals surface area (Å²) in [5.41, 5.74) is 2.24. The molecule has 4 heteroatoms. The van der Waals surface area contributed by atoms with Gasteiger partial charge in [0.1, 0.15) is 5.65 Å². The Kier molecular flexibility index (Phi) is 2.60. The molecule has 0 saturated carbocycles. The molecule has 1 aliphatic heterocycles. The summed E-state index contributed by atoms with van der Waals surface area (Å²) in [5.74, 6) is 0. The molecule has 3 rings (SSSR count). The summed E-state index contributed by atoms with van der Waals surface area (Å²) in [7, 11) is 0. The molecular weight excluding hydrogens is 202 g/mol. The van der Waals surface area contributed by atoms with Crippen LogP contribution >= 0.6 is 0 Å². The number of nitrogens with one attached hydrogen (secondary N) is 1. The smallest absolute Gasteiger partial charge is 0.136 e. The number of imidazole rings is 1. The Balaban J connectivity index is 1.75. The van der Waals surface area contributed by atoms with E-state index in [0.29, 0.717) is 6.04 Å². The van der Waals surface area contributed by atoms with Crippen molar-refractivity contribution in [2.24, 2.45) is 0 Å². The second kappa shape index (κ2) is 4.23. The molecule has 0 amide bonds. The molecule has 1 saturated heterocycles. The van der Waals surface area contributed by atoms with Crippen LogP contribution in [0.1, 0.15) is 12.1 Å². The van der Waals surface area contributed by atoms with Crippen LogP contribution in [0.25, 0.3) is 5.65 Å². The van der Waals surface area contributed by atoms with E-state index in [4.69, 9.17) is 4.74 Å². The lowest BCUT2D eigenvalue weighted by molar-refractivity contribution is 0.189. The number of nitrogens with zero attached hydrogens (tertiary/aromatic N) is 2. The minimum absolute atomic E-state index is 0.499. The van der Waals surface area contributed by atoms with E-state index in [1.165, 1.54) is 5.69 Å². The fraction of sp³-hybridized carbons (Fsp3) is 0.417. The van der Waals surface area contributed by atoms with Gasteiger partial charge in [-0.3, -0.25) is 0 Å². The van der Waals surface area contributed by atoms with Crippen LogP contribution in [0.5, 0.6) is 0 Å². The van der Waals surface area contributed by atoms with Gasteiger partial charge in [-0.05, 0) is 18.6 Å². The molecule has 1 N–H and O–H groups in total. The molecule has 1 atom stereocenters. The third-order valence-electron chi connectivity index (χ3n) is 3.01. The molecule has 0 spiro atoms. The molecule has 16 heavy (non-hydrogen) atoms. The maximum absolute atomic E-state index is 5.34. The molecule has 1 unspecified atom stereocenters. The zero-order valence-corrected chi connectivity index (χ0v) is 9.10. The van der Waals surface area contributed by atoms with E-state index in [-0.39, 0.29) is 0 Å². The van der Waals surface area contributed by atoms with E-state index < -0.39 is 0 Å². The highest BCUT2D eigenvalue weighted by Crippen LogP contribution is 2.08. The first kappa shape index (κ1) is 9.81. The summed E-state index contributed by atoms with van der Waals surface area (Å²) in [6.07, 6.45) is 4.94. The number of aromatic nitrogens is 2. The van der Waals surface area contributed by atoms with Crippen molar-refractivity contribution in [1.82, 2.24) is 14.7 Å². The van der Waals surface area contributed by atoms with Gasteiger partial charge in [-0.25, -0.2) is 4.98 Å². The van der Waals surface area contributed by atoms with Crippen molar-refractivity contribution < 1.29 is 4.74 Å². The maximum atomic E-state index is 5.34. The highest BCUT2D eigenvalue weighted by atomic mass is 16.5. The van der Waals surface area contributed by atoms with Gasteiger partial charge in [-0.1, -0.05) is 6.07 Å². The lowest BCUT2D eigenvalue weighted by Crippen LogP contribution is -2.29. The Hall–Kier alpha value is -1.39. The van der Waals surface area contributed by atoms with E-state index in [2.05, 4.69) is 20.8 Å². The summed E-state index contributed by atoms with van der Waals surface area (Å²) in [5, 5.41) is 3.51. The van der Waals surface area contributed by atoms with Crippen molar-refractivity contribution in [3.63, 3.8) is 0 Å². The molecule has 0 bridgehead atoms. The lowest BCUT2D eigenvalue weighted by Gasteiger charge is -2.11. The molecule has 0 aliphatic carbocycles. The Labute approximate surface area is 94.3 Å². The molecule has 0 radical (unpaired) electrons. The number of rotatable bonds is 3. The van der Waals surface area contributed by atoms with E-state index in [1.807, 2.05) is 24.5 Å². The van der Waals surface area contributed by atoms with Crippen molar-refractivity contribution in [3.8, 4) is 0 Å². The Morgan fingerprint density at radius 3 is 3.38 bits per heavy atom. The number of hydrogen-bond acceptors (Lipinski definition) is 3. The van der Waals surface area contributed by atoms with Crippen LogP contribution in [-0.2, 0) is 11.3 Å². The first-order valence-corrected chi connectivity index (χ1v) is 5.65. The summed E-state index contributed by atoms with van der Waals surface area (Å²) in [4.78, 5) is 4.27. The predicted octanol–water partition coefficient (Wildman–Crippen LogP) is 1.21. The monoisotopic (exact) mass is 217 g/mol. The summed E-state index contributed by atoms with van der Waals surface area (Å²) >= 11 is 0. The highest BCUT2D eigenvalue weighted by Gasteiger charge is 2.14.